The molecular weight excluding hydrogens is 298 g/mol. The molecular formula is C16H15ClF2O2. The zero-order chi connectivity index (χ0) is 15.2. The lowest BCUT2D eigenvalue weighted by Gasteiger charge is -2.12. The van der Waals surface area contributed by atoms with Gasteiger partial charge in [0.2, 0.25) is 0 Å². The van der Waals surface area contributed by atoms with Gasteiger partial charge in [0.15, 0.2) is 0 Å². The maximum absolute atomic E-state index is 12.1. The van der Waals surface area contributed by atoms with E-state index in [1.54, 1.807) is 12.1 Å². The van der Waals surface area contributed by atoms with E-state index in [0.29, 0.717) is 6.61 Å². The van der Waals surface area contributed by atoms with Crippen LogP contribution >= 0.6 is 11.6 Å². The summed E-state index contributed by atoms with van der Waals surface area (Å²) >= 11 is 6.39. The highest BCUT2D eigenvalue weighted by Crippen LogP contribution is 2.31. The molecule has 2 rings (SSSR count). The van der Waals surface area contributed by atoms with Crippen LogP contribution in [-0.4, -0.2) is 13.2 Å². The minimum Gasteiger partial charge on any atom is -0.494 e. The smallest absolute Gasteiger partial charge is 0.387 e. The van der Waals surface area contributed by atoms with Gasteiger partial charge in [-0.25, -0.2) is 0 Å². The first-order chi connectivity index (χ1) is 10.1. The van der Waals surface area contributed by atoms with Crippen LogP contribution < -0.4 is 9.47 Å². The van der Waals surface area contributed by atoms with E-state index in [2.05, 4.69) is 4.74 Å². The van der Waals surface area contributed by atoms with Crippen LogP contribution in [0.4, 0.5) is 8.78 Å². The van der Waals surface area contributed by atoms with Crippen molar-refractivity contribution in [2.75, 3.05) is 6.61 Å². The number of ether oxygens (including phenoxy) is 2. The Hall–Kier alpha value is -1.81. The maximum atomic E-state index is 12.1. The third kappa shape index (κ3) is 4.33. The van der Waals surface area contributed by atoms with Crippen molar-refractivity contribution >= 4 is 11.6 Å². The average molecular weight is 313 g/mol. The molecule has 0 bridgehead atoms. The van der Waals surface area contributed by atoms with Crippen LogP contribution in [0.3, 0.4) is 0 Å². The van der Waals surface area contributed by atoms with Crippen molar-refractivity contribution in [1.29, 1.82) is 0 Å². The fourth-order valence-electron chi connectivity index (χ4n) is 1.91. The summed E-state index contributed by atoms with van der Waals surface area (Å²) in [7, 11) is 0. The van der Waals surface area contributed by atoms with E-state index in [-0.39, 0.29) is 11.1 Å². The van der Waals surface area contributed by atoms with Crippen molar-refractivity contribution in [2.45, 2.75) is 18.9 Å². The highest BCUT2D eigenvalue weighted by Gasteiger charge is 2.12. The molecule has 2 nitrogen and oxygen atoms in total. The van der Waals surface area contributed by atoms with Crippen LogP contribution in [0.5, 0.6) is 11.5 Å². The van der Waals surface area contributed by atoms with Gasteiger partial charge in [-0.3, -0.25) is 0 Å². The lowest BCUT2D eigenvalue weighted by Crippen LogP contribution is -2.02. The Labute approximate surface area is 127 Å². The lowest BCUT2D eigenvalue weighted by atomic mass is 10.0. The molecule has 1 atom stereocenters. The van der Waals surface area contributed by atoms with Gasteiger partial charge in [0, 0.05) is 0 Å². The van der Waals surface area contributed by atoms with Crippen molar-refractivity contribution in [3.05, 3.63) is 59.7 Å². The Kier molecular flexibility index (Phi) is 5.39. The number of halogens is 3. The largest absolute Gasteiger partial charge is 0.494 e. The topological polar surface area (TPSA) is 18.5 Å². The van der Waals surface area contributed by atoms with Crippen molar-refractivity contribution in [2.24, 2.45) is 0 Å². The summed E-state index contributed by atoms with van der Waals surface area (Å²) in [4.78, 5) is 0. The Morgan fingerprint density at radius 1 is 0.905 bits per heavy atom. The molecule has 21 heavy (non-hydrogen) atoms. The summed E-state index contributed by atoms with van der Waals surface area (Å²) < 4.78 is 33.8. The van der Waals surface area contributed by atoms with Crippen LogP contribution in [0.25, 0.3) is 0 Å². The Morgan fingerprint density at radius 3 is 1.81 bits per heavy atom. The van der Waals surface area contributed by atoms with Gasteiger partial charge in [-0.15, -0.1) is 11.6 Å². The van der Waals surface area contributed by atoms with Crippen molar-refractivity contribution in [3.63, 3.8) is 0 Å². The molecule has 0 aliphatic heterocycles. The molecule has 0 heterocycles. The van der Waals surface area contributed by atoms with E-state index < -0.39 is 6.61 Å². The second-order valence-corrected chi connectivity index (χ2v) is 4.75. The molecule has 0 spiro atoms. The van der Waals surface area contributed by atoms with Gasteiger partial charge in [-0.05, 0) is 42.3 Å². The summed E-state index contributed by atoms with van der Waals surface area (Å²) in [6, 6.07) is 13.8. The first kappa shape index (κ1) is 15.6. The first-order valence-electron chi connectivity index (χ1n) is 6.51. The lowest BCUT2D eigenvalue weighted by molar-refractivity contribution is -0.0498. The zero-order valence-corrected chi connectivity index (χ0v) is 12.2. The predicted molar refractivity (Wildman–Crippen MR) is 78.4 cm³/mol. The van der Waals surface area contributed by atoms with E-state index >= 15 is 0 Å². The summed E-state index contributed by atoms with van der Waals surface area (Å²) in [5, 5.41) is -0.360. The van der Waals surface area contributed by atoms with Gasteiger partial charge in [-0.1, -0.05) is 24.3 Å². The second-order valence-electron chi connectivity index (χ2n) is 4.31. The van der Waals surface area contributed by atoms with Crippen LogP contribution in [-0.2, 0) is 0 Å². The van der Waals surface area contributed by atoms with E-state index in [4.69, 9.17) is 16.3 Å². The molecule has 0 saturated heterocycles. The number of rotatable bonds is 6. The molecule has 0 N–H and O–H groups in total. The van der Waals surface area contributed by atoms with Crippen LogP contribution in [0.2, 0.25) is 0 Å². The van der Waals surface area contributed by atoms with Crippen molar-refractivity contribution < 1.29 is 18.3 Å². The molecule has 2 aromatic rings. The standard InChI is InChI=1S/C16H15ClF2O2/c1-2-20-13-7-3-11(4-8-13)15(17)12-5-9-14(10-6-12)21-16(18)19/h3-10,15-16H,2H2,1H3. The van der Waals surface area contributed by atoms with Crippen molar-refractivity contribution in [1.82, 2.24) is 0 Å². The van der Waals surface area contributed by atoms with Gasteiger partial charge in [-0.2, -0.15) is 8.78 Å². The Bertz CT molecular complexity index is 555. The molecule has 0 aliphatic carbocycles. The minimum absolute atomic E-state index is 0.115. The summed E-state index contributed by atoms with van der Waals surface area (Å²) in [5.74, 6) is 0.898. The first-order valence-corrected chi connectivity index (χ1v) is 6.95. The highest BCUT2D eigenvalue weighted by atomic mass is 35.5. The Morgan fingerprint density at radius 2 is 1.38 bits per heavy atom. The third-order valence-electron chi connectivity index (χ3n) is 2.88. The van der Waals surface area contributed by atoms with Crippen molar-refractivity contribution in [3.8, 4) is 11.5 Å². The van der Waals surface area contributed by atoms with Gasteiger partial charge in [0.1, 0.15) is 11.5 Å². The summed E-state index contributed by atoms with van der Waals surface area (Å²) in [5.41, 5.74) is 1.71. The fourth-order valence-corrected chi connectivity index (χ4v) is 2.20. The monoisotopic (exact) mass is 312 g/mol. The molecule has 0 amide bonds. The molecule has 0 fully saturated rings. The number of benzene rings is 2. The average Bonchev–Trinajstić information content (AvgIpc) is 2.48. The van der Waals surface area contributed by atoms with Gasteiger partial charge in [0.25, 0.3) is 0 Å². The normalized spacial score (nSPS) is 12.2. The molecule has 2 aromatic carbocycles. The molecule has 0 aromatic heterocycles. The molecule has 1 unspecified atom stereocenters. The van der Waals surface area contributed by atoms with Crippen LogP contribution in [0.15, 0.2) is 48.5 Å². The quantitative estimate of drug-likeness (QED) is 0.698. The van der Waals surface area contributed by atoms with E-state index in [1.807, 2.05) is 31.2 Å². The maximum Gasteiger partial charge on any atom is 0.387 e. The molecule has 5 heteroatoms. The van der Waals surface area contributed by atoms with Gasteiger partial charge < -0.3 is 9.47 Å². The second kappa shape index (κ2) is 7.27. The molecule has 0 saturated carbocycles. The minimum atomic E-state index is -2.83. The third-order valence-corrected chi connectivity index (χ3v) is 3.39. The predicted octanol–water partition coefficient (Wildman–Crippen LogP) is 5.01. The zero-order valence-electron chi connectivity index (χ0n) is 11.4. The van der Waals surface area contributed by atoms with E-state index in [1.165, 1.54) is 12.1 Å². The van der Waals surface area contributed by atoms with Gasteiger partial charge in [0.05, 0.1) is 12.0 Å². The molecule has 112 valence electrons. The van der Waals surface area contributed by atoms with E-state index in [9.17, 15) is 8.78 Å². The summed E-state index contributed by atoms with van der Waals surface area (Å²) in [6.07, 6.45) is 0. The number of alkyl halides is 3. The fraction of sp³-hybridized carbons (Fsp3) is 0.250. The van der Waals surface area contributed by atoms with Crippen LogP contribution in [0, 0.1) is 0 Å². The SMILES string of the molecule is CCOc1ccc(C(Cl)c2ccc(OC(F)F)cc2)cc1. The van der Waals surface area contributed by atoms with Gasteiger partial charge >= 0.3 is 6.61 Å². The van der Waals surface area contributed by atoms with Crippen LogP contribution in [0.1, 0.15) is 23.4 Å². The highest BCUT2D eigenvalue weighted by molar-refractivity contribution is 6.22. The summed E-state index contributed by atoms with van der Waals surface area (Å²) in [6.45, 7) is -0.301. The molecule has 0 aliphatic rings. The molecule has 0 radical (unpaired) electrons. The number of hydrogen-bond acceptors (Lipinski definition) is 2. The number of hydrogen-bond donors (Lipinski definition) is 0. The van der Waals surface area contributed by atoms with E-state index in [0.717, 1.165) is 16.9 Å². The Balaban J connectivity index is 2.09.